The molecule has 2 N–H and O–H groups in total. The Morgan fingerprint density at radius 3 is 2.15 bits per heavy atom. The van der Waals surface area contributed by atoms with E-state index in [1.54, 1.807) is 11.3 Å². The van der Waals surface area contributed by atoms with E-state index in [0.717, 1.165) is 16.7 Å². The van der Waals surface area contributed by atoms with Gasteiger partial charge in [0, 0.05) is 10.4 Å². The molecule has 2 aromatic rings. The Morgan fingerprint density at radius 1 is 1.10 bits per heavy atom. The Hall–Kier alpha value is -1.29. The number of nitrogens with zero attached hydrogens (tertiary/aromatic N) is 1. The quantitative estimate of drug-likeness (QED) is 0.843. The molecule has 0 atom stereocenters. The van der Waals surface area contributed by atoms with Crippen LogP contribution in [0.3, 0.4) is 0 Å². The van der Waals surface area contributed by atoms with Crippen LogP contribution in [-0.4, -0.2) is 12.8 Å². The van der Waals surface area contributed by atoms with Crippen molar-refractivity contribution in [1.29, 1.82) is 0 Å². The number of anilines is 1. The molecule has 106 valence electrons. The molecular weight excluding hydrogens is 263 g/mol. The first-order chi connectivity index (χ1) is 9.74. The second-order valence-corrected chi connectivity index (χ2v) is 5.22. The van der Waals surface area contributed by atoms with Gasteiger partial charge >= 0.3 is 0 Å². The van der Waals surface area contributed by atoms with E-state index in [4.69, 9.17) is 13.6 Å². The lowest BCUT2D eigenvalue weighted by atomic mass is 9.94. The number of hydrogen-bond donors (Lipinski definition) is 1. The van der Waals surface area contributed by atoms with E-state index in [2.05, 4.69) is 4.98 Å². The Morgan fingerprint density at radius 2 is 1.65 bits per heavy atom. The minimum absolute atomic E-state index is 0.661. The summed E-state index contributed by atoms with van der Waals surface area (Å²) in [4.78, 5) is 5.76. The largest absolute Gasteiger partial charge is 0.375 e. The van der Waals surface area contributed by atoms with Crippen molar-refractivity contribution in [3.8, 4) is 11.3 Å². The highest BCUT2D eigenvalue weighted by Crippen LogP contribution is 2.47. The fraction of sp³-hybridized carbons (Fsp3) is 0.438. The second kappa shape index (κ2) is 8.10. The zero-order valence-electron chi connectivity index (χ0n) is 12.8. The summed E-state index contributed by atoms with van der Waals surface area (Å²) in [6, 6.07) is 7.83. The number of hydrogen-bond acceptors (Lipinski definition) is 3. The van der Waals surface area contributed by atoms with Crippen LogP contribution < -0.4 is 11.2 Å². The first-order valence-corrected chi connectivity index (χ1v) is 8.18. The topological polar surface area (TPSA) is 38.9 Å². The van der Waals surface area contributed by atoms with Gasteiger partial charge in [-0.05, 0) is 18.8 Å². The molecule has 1 aromatic heterocycles. The molecule has 0 bridgehead atoms. The Kier molecular flexibility index (Phi) is 6.79. The summed E-state index contributed by atoms with van der Waals surface area (Å²) in [5.41, 5.74) is 8.73. The molecule has 3 rings (SSSR count). The predicted molar refractivity (Wildman–Crippen MR) is 92.0 cm³/mol. The summed E-state index contributed by atoms with van der Waals surface area (Å²) < 4.78 is 0. The molecule has 1 heterocycles. The van der Waals surface area contributed by atoms with Gasteiger partial charge in [-0.2, -0.15) is 0 Å². The maximum absolute atomic E-state index is 5.79. The zero-order chi connectivity index (χ0) is 15.1. The summed E-state index contributed by atoms with van der Waals surface area (Å²) in [6.45, 7) is 8.00. The summed E-state index contributed by atoms with van der Waals surface area (Å²) in [5, 5.41) is 0.661. The molecule has 0 saturated heterocycles. The molecule has 2 radical (unpaired) electrons. The van der Waals surface area contributed by atoms with Gasteiger partial charge < -0.3 is 5.73 Å². The fourth-order valence-corrected chi connectivity index (χ4v) is 2.84. The third-order valence-electron chi connectivity index (χ3n) is 2.80. The van der Waals surface area contributed by atoms with Crippen LogP contribution in [0.15, 0.2) is 24.3 Å². The molecule has 2 nitrogen and oxygen atoms in total. The lowest BCUT2D eigenvalue weighted by molar-refractivity contribution is 1.16. The molecule has 1 saturated carbocycles. The number of nitrogens with two attached hydrogens (primary N) is 1. The number of nitrogen functional groups attached to an aromatic ring is 1. The third-order valence-corrected chi connectivity index (χ3v) is 3.85. The first kappa shape index (κ1) is 16.8. The summed E-state index contributed by atoms with van der Waals surface area (Å²) in [5.74, 6) is 0.683. The van der Waals surface area contributed by atoms with Crippen molar-refractivity contribution < 1.29 is 0 Å². The van der Waals surface area contributed by atoms with Gasteiger partial charge in [0.2, 0.25) is 0 Å². The predicted octanol–water partition coefficient (Wildman–Crippen LogP) is 4.12. The van der Waals surface area contributed by atoms with E-state index in [-0.39, 0.29) is 0 Å². The standard InChI is InChI=1S/C12H11BN2S.2C2H6/c13-9-5-3-7(4-6-9)10-11(8-1-2-8)16-12(14)15-10;2*1-2/h3-6,8H,1-2H2,(H2,14,15);2*1-2H3. The molecule has 1 fully saturated rings. The lowest BCUT2D eigenvalue weighted by Gasteiger charge is -2.01. The highest BCUT2D eigenvalue weighted by molar-refractivity contribution is 7.16. The minimum Gasteiger partial charge on any atom is -0.375 e. The monoisotopic (exact) mass is 286 g/mol. The molecule has 1 aliphatic rings. The first-order valence-electron chi connectivity index (χ1n) is 7.36. The van der Waals surface area contributed by atoms with Crippen LogP contribution in [0.2, 0.25) is 0 Å². The van der Waals surface area contributed by atoms with Crippen molar-refractivity contribution in [3.05, 3.63) is 29.1 Å². The van der Waals surface area contributed by atoms with E-state index in [0.29, 0.717) is 11.0 Å². The van der Waals surface area contributed by atoms with Gasteiger partial charge in [0.15, 0.2) is 5.13 Å². The lowest BCUT2D eigenvalue weighted by Crippen LogP contribution is -1.99. The molecule has 0 aliphatic heterocycles. The van der Waals surface area contributed by atoms with Crippen LogP contribution in [0.1, 0.15) is 51.3 Å². The molecule has 1 aromatic carbocycles. The number of benzene rings is 1. The fourth-order valence-electron chi connectivity index (χ4n) is 1.82. The average molecular weight is 286 g/mol. The van der Waals surface area contributed by atoms with E-state index >= 15 is 0 Å². The molecule has 0 spiro atoms. The highest BCUT2D eigenvalue weighted by Gasteiger charge is 2.29. The van der Waals surface area contributed by atoms with Crippen LogP contribution in [0, 0.1) is 0 Å². The van der Waals surface area contributed by atoms with Gasteiger partial charge in [-0.25, -0.2) is 4.98 Å². The molecule has 4 heteroatoms. The van der Waals surface area contributed by atoms with E-state index in [1.807, 2.05) is 52.0 Å². The van der Waals surface area contributed by atoms with Gasteiger partial charge in [0.05, 0.1) is 5.69 Å². The van der Waals surface area contributed by atoms with Crippen LogP contribution in [0.25, 0.3) is 11.3 Å². The normalized spacial score (nSPS) is 12.8. The Labute approximate surface area is 127 Å². The van der Waals surface area contributed by atoms with Crippen molar-refractivity contribution >= 4 is 29.8 Å². The smallest absolute Gasteiger partial charge is 0.180 e. The van der Waals surface area contributed by atoms with Crippen LogP contribution in [0.5, 0.6) is 0 Å². The summed E-state index contributed by atoms with van der Waals surface area (Å²) in [7, 11) is 5.68. The summed E-state index contributed by atoms with van der Waals surface area (Å²) >= 11 is 1.62. The Bertz CT molecular complexity index is 516. The number of thiazole rings is 1. The maximum atomic E-state index is 5.79. The summed E-state index contributed by atoms with van der Waals surface area (Å²) in [6.07, 6.45) is 2.53. The van der Waals surface area contributed by atoms with Gasteiger partial charge in [0.25, 0.3) is 0 Å². The number of rotatable bonds is 2. The molecule has 1 aliphatic carbocycles. The van der Waals surface area contributed by atoms with E-state index < -0.39 is 0 Å². The van der Waals surface area contributed by atoms with Gasteiger partial charge in [-0.3, -0.25) is 0 Å². The van der Waals surface area contributed by atoms with Crippen molar-refractivity contribution in [3.63, 3.8) is 0 Å². The Balaban J connectivity index is 0.000000461. The average Bonchev–Trinajstić information content (AvgIpc) is 3.27. The van der Waals surface area contributed by atoms with Crippen molar-refractivity contribution in [2.24, 2.45) is 0 Å². The van der Waals surface area contributed by atoms with E-state index in [9.17, 15) is 0 Å². The molecular formula is C16H23BN2S. The van der Waals surface area contributed by atoms with Crippen molar-refractivity contribution in [2.45, 2.75) is 46.5 Å². The maximum Gasteiger partial charge on any atom is 0.180 e. The zero-order valence-corrected chi connectivity index (χ0v) is 13.6. The minimum atomic E-state index is 0.661. The van der Waals surface area contributed by atoms with Crippen LogP contribution in [0.4, 0.5) is 5.13 Å². The molecule has 0 amide bonds. The third kappa shape index (κ3) is 4.10. The molecule has 20 heavy (non-hydrogen) atoms. The van der Waals surface area contributed by atoms with Gasteiger partial charge in [-0.1, -0.05) is 57.4 Å². The second-order valence-electron chi connectivity index (χ2n) is 4.16. The SMILES string of the molecule is CC.CC.[B]c1ccc(-c2nc(N)sc2C2CC2)cc1. The number of aromatic nitrogens is 1. The van der Waals surface area contributed by atoms with E-state index in [1.165, 1.54) is 17.7 Å². The van der Waals surface area contributed by atoms with Crippen molar-refractivity contribution in [2.75, 3.05) is 5.73 Å². The van der Waals surface area contributed by atoms with Crippen molar-refractivity contribution in [1.82, 2.24) is 4.98 Å². The molecule has 0 unspecified atom stereocenters. The van der Waals surface area contributed by atoms with Crippen LogP contribution >= 0.6 is 11.3 Å². The van der Waals surface area contributed by atoms with Crippen LogP contribution in [-0.2, 0) is 0 Å². The van der Waals surface area contributed by atoms with Gasteiger partial charge in [-0.15, -0.1) is 11.3 Å². The van der Waals surface area contributed by atoms with Gasteiger partial charge in [0.1, 0.15) is 7.85 Å². The highest BCUT2D eigenvalue weighted by atomic mass is 32.1.